The molecule has 5 heteroatoms. The zero-order valence-corrected chi connectivity index (χ0v) is 7.86. The second-order valence-corrected chi connectivity index (χ2v) is 2.84. The Bertz CT molecular complexity index is 380. The minimum Gasteiger partial charge on any atom is -0.384 e. The Kier molecular flexibility index (Phi) is 2.60. The number of hydrogen-bond donors (Lipinski definition) is 1. The average molecular weight is 193 g/mol. The van der Waals surface area contributed by atoms with E-state index < -0.39 is 0 Å². The van der Waals surface area contributed by atoms with E-state index in [2.05, 4.69) is 15.1 Å². The number of methoxy groups -OCH3 is 1. The van der Waals surface area contributed by atoms with Gasteiger partial charge in [0.25, 0.3) is 5.89 Å². The standard InChI is InChI=1S/C9H11N3O2/c1-13-6-4-8-11-9(14-12-8)7-3-2-5-10-7/h2-3,5,10H,4,6H2,1H3. The fourth-order valence-corrected chi connectivity index (χ4v) is 1.12. The summed E-state index contributed by atoms with van der Waals surface area (Å²) in [6.07, 6.45) is 2.48. The molecule has 14 heavy (non-hydrogen) atoms. The van der Waals surface area contributed by atoms with Gasteiger partial charge in [0.15, 0.2) is 5.82 Å². The molecule has 5 nitrogen and oxygen atoms in total. The monoisotopic (exact) mass is 193 g/mol. The topological polar surface area (TPSA) is 63.9 Å². The third-order valence-corrected chi connectivity index (χ3v) is 1.83. The molecule has 0 aromatic carbocycles. The van der Waals surface area contributed by atoms with Crippen LogP contribution in [0.2, 0.25) is 0 Å². The second kappa shape index (κ2) is 4.06. The Morgan fingerprint density at radius 3 is 3.21 bits per heavy atom. The van der Waals surface area contributed by atoms with Crippen molar-refractivity contribution in [1.29, 1.82) is 0 Å². The van der Waals surface area contributed by atoms with Crippen molar-refractivity contribution in [2.24, 2.45) is 0 Å². The van der Waals surface area contributed by atoms with Crippen LogP contribution in [-0.4, -0.2) is 28.8 Å². The van der Waals surface area contributed by atoms with Crippen LogP contribution in [-0.2, 0) is 11.2 Å². The molecule has 1 N–H and O–H groups in total. The molecule has 74 valence electrons. The molecule has 0 atom stereocenters. The molecule has 0 unspecified atom stereocenters. The lowest BCUT2D eigenvalue weighted by atomic mass is 10.4. The summed E-state index contributed by atoms with van der Waals surface area (Å²) >= 11 is 0. The SMILES string of the molecule is COCCc1noc(-c2ccc[nH]2)n1. The van der Waals surface area contributed by atoms with Crippen LogP contribution in [0.3, 0.4) is 0 Å². The van der Waals surface area contributed by atoms with E-state index in [1.807, 2.05) is 18.3 Å². The van der Waals surface area contributed by atoms with Crippen molar-refractivity contribution in [3.8, 4) is 11.6 Å². The highest BCUT2D eigenvalue weighted by Gasteiger charge is 2.08. The minimum absolute atomic E-state index is 0.515. The summed E-state index contributed by atoms with van der Waals surface area (Å²) in [5.74, 6) is 1.18. The highest BCUT2D eigenvalue weighted by atomic mass is 16.5. The van der Waals surface area contributed by atoms with Gasteiger partial charge in [-0.3, -0.25) is 0 Å². The maximum absolute atomic E-state index is 5.06. The van der Waals surface area contributed by atoms with Crippen LogP contribution in [0.4, 0.5) is 0 Å². The number of nitrogens with one attached hydrogen (secondary N) is 1. The number of aromatic amines is 1. The first-order valence-electron chi connectivity index (χ1n) is 4.35. The zero-order valence-electron chi connectivity index (χ0n) is 7.86. The van der Waals surface area contributed by atoms with Crippen molar-refractivity contribution >= 4 is 0 Å². The van der Waals surface area contributed by atoms with Gasteiger partial charge in [0.05, 0.1) is 6.61 Å². The lowest BCUT2D eigenvalue weighted by molar-refractivity contribution is 0.199. The third-order valence-electron chi connectivity index (χ3n) is 1.83. The lowest BCUT2D eigenvalue weighted by Crippen LogP contribution is -1.96. The smallest absolute Gasteiger partial charge is 0.274 e. The van der Waals surface area contributed by atoms with E-state index >= 15 is 0 Å². The van der Waals surface area contributed by atoms with Crippen LogP contribution < -0.4 is 0 Å². The molecule has 2 rings (SSSR count). The van der Waals surface area contributed by atoms with Gasteiger partial charge in [-0.1, -0.05) is 5.16 Å². The minimum atomic E-state index is 0.515. The summed E-state index contributed by atoms with van der Waals surface area (Å²) in [4.78, 5) is 7.20. The number of nitrogens with zero attached hydrogens (tertiary/aromatic N) is 2. The number of rotatable bonds is 4. The van der Waals surface area contributed by atoms with E-state index in [-0.39, 0.29) is 0 Å². The summed E-state index contributed by atoms with van der Waals surface area (Å²) in [7, 11) is 1.64. The number of hydrogen-bond acceptors (Lipinski definition) is 4. The first kappa shape index (κ1) is 8.96. The van der Waals surface area contributed by atoms with Crippen molar-refractivity contribution in [2.45, 2.75) is 6.42 Å². The molecule has 0 saturated carbocycles. The molecule has 0 radical (unpaired) electrons. The van der Waals surface area contributed by atoms with Gasteiger partial charge in [-0.25, -0.2) is 0 Å². The first-order valence-corrected chi connectivity index (χ1v) is 4.35. The van der Waals surface area contributed by atoms with Gasteiger partial charge in [0, 0.05) is 19.7 Å². The molecule has 0 saturated heterocycles. The van der Waals surface area contributed by atoms with Gasteiger partial charge in [-0.15, -0.1) is 0 Å². The van der Waals surface area contributed by atoms with Crippen LogP contribution in [0.25, 0.3) is 11.6 Å². The molecule has 2 heterocycles. The Morgan fingerprint density at radius 1 is 1.57 bits per heavy atom. The Morgan fingerprint density at radius 2 is 2.50 bits per heavy atom. The van der Waals surface area contributed by atoms with Gasteiger partial charge in [-0.2, -0.15) is 4.98 Å². The summed E-state index contributed by atoms with van der Waals surface area (Å²) in [6, 6.07) is 3.77. The third kappa shape index (κ3) is 1.82. The molecule has 0 aliphatic rings. The largest absolute Gasteiger partial charge is 0.384 e. The fourth-order valence-electron chi connectivity index (χ4n) is 1.12. The van der Waals surface area contributed by atoms with Crippen molar-refractivity contribution in [3.63, 3.8) is 0 Å². The normalized spacial score (nSPS) is 10.6. The van der Waals surface area contributed by atoms with E-state index in [0.717, 1.165) is 5.69 Å². The quantitative estimate of drug-likeness (QED) is 0.793. The Labute approximate surface area is 81.1 Å². The Balaban J connectivity index is 2.10. The fraction of sp³-hybridized carbons (Fsp3) is 0.333. The molecule has 0 bridgehead atoms. The summed E-state index contributed by atoms with van der Waals surface area (Å²) in [5.41, 5.74) is 0.834. The molecular weight excluding hydrogens is 182 g/mol. The van der Waals surface area contributed by atoms with Crippen molar-refractivity contribution < 1.29 is 9.26 Å². The molecule has 2 aromatic heterocycles. The molecule has 2 aromatic rings. The lowest BCUT2D eigenvalue weighted by Gasteiger charge is -1.90. The number of aromatic nitrogens is 3. The number of H-pyrrole nitrogens is 1. The van der Waals surface area contributed by atoms with Gasteiger partial charge >= 0.3 is 0 Å². The first-order chi connectivity index (χ1) is 6.90. The summed E-state index contributed by atoms with van der Waals surface area (Å²) in [5, 5.41) is 3.82. The Hall–Kier alpha value is -1.62. The van der Waals surface area contributed by atoms with E-state index in [1.54, 1.807) is 7.11 Å². The molecule has 0 amide bonds. The van der Waals surface area contributed by atoms with Crippen LogP contribution >= 0.6 is 0 Å². The predicted molar refractivity (Wildman–Crippen MR) is 49.7 cm³/mol. The van der Waals surface area contributed by atoms with Crippen LogP contribution in [0.1, 0.15) is 5.82 Å². The summed E-state index contributed by atoms with van der Waals surface area (Å²) in [6.45, 7) is 0.601. The summed E-state index contributed by atoms with van der Waals surface area (Å²) < 4.78 is 9.97. The van der Waals surface area contributed by atoms with E-state index in [1.165, 1.54) is 0 Å². The molecule has 0 fully saturated rings. The molecule has 0 aliphatic carbocycles. The van der Waals surface area contributed by atoms with Gasteiger partial charge in [0.2, 0.25) is 0 Å². The average Bonchev–Trinajstić information content (AvgIpc) is 2.85. The van der Waals surface area contributed by atoms with Gasteiger partial charge in [0.1, 0.15) is 5.69 Å². The van der Waals surface area contributed by atoms with E-state index in [9.17, 15) is 0 Å². The second-order valence-electron chi connectivity index (χ2n) is 2.84. The maximum Gasteiger partial charge on any atom is 0.274 e. The highest BCUT2D eigenvalue weighted by Crippen LogP contribution is 2.13. The van der Waals surface area contributed by atoms with Crippen molar-refractivity contribution in [3.05, 3.63) is 24.2 Å². The van der Waals surface area contributed by atoms with Crippen LogP contribution in [0.5, 0.6) is 0 Å². The highest BCUT2D eigenvalue weighted by molar-refractivity contribution is 5.45. The van der Waals surface area contributed by atoms with Crippen molar-refractivity contribution in [2.75, 3.05) is 13.7 Å². The molecular formula is C9H11N3O2. The molecule has 0 aliphatic heterocycles. The van der Waals surface area contributed by atoms with Gasteiger partial charge in [-0.05, 0) is 12.1 Å². The predicted octanol–water partition coefficient (Wildman–Crippen LogP) is 1.25. The van der Waals surface area contributed by atoms with E-state index in [0.29, 0.717) is 24.7 Å². The maximum atomic E-state index is 5.06. The molecule has 0 spiro atoms. The van der Waals surface area contributed by atoms with E-state index in [4.69, 9.17) is 9.26 Å². The zero-order chi connectivity index (χ0) is 9.80. The van der Waals surface area contributed by atoms with Crippen molar-refractivity contribution in [1.82, 2.24) is 15.1 Å². The van der Waals surface area contributed by atoms with Crippen LogP contribution in [0.15, 0.2) is 22.9 Å². The number of ether oxygens (including phenoxy) is 1. The van der Waals surface area contributed by atoms with Crippen LogP contribution in [0, 0.1) is 0 Å². The van der Waals surface area contributed by atoms with Gasteiger partial charge < -0.3 is 14.2 Å².